The molecule has 0 fully saturated rings. The lowest BCUT2D eigenvalue weighted by atomic mass is 10.2. The van der Waals surface area contributed by atoms with E-state index in [9.17, 15) is 0 Å². The molecule has 0 aliphatic carbocycles. The largest absolute Gasteiger partial charge is 0.369 e. The van der Waals surface area contributed by atoms with E-state index in [1.165, 1.54) is 11.1 Å². The molecule has 0 saturated heterocycles. The van der Waals surface area contributed by atoms with E-state index in [4.69, 9.17) is 11.6 Å². The average Bonchev–Trinajstić information content (AvgIpc) is 2.41. The van der Waals surface area contributed by atoms with Crippen LogP contribution in [0.25, 0.3) is 0 Å². The number of nitrogens with zero attached hydrogens (tertiary/aromatic N) is 1. The number of hydrogen-bond donors (Lipinski definition) is 0. The number of benzene rings is 2. The predicted molar refractivity (Wildman–Crippen MR) is 90.3 cm³/mol. The zero-order valence-electron chi connectivity index (χ0n) is 10.5. The Labute approximate surface area is 135 Å². The molecule has 0 radical (unpaired) electrons. The molecule has 2 aromatic carbocycles. The molecule has 0 aliphatic rings. The summed E-state index contributed by atoms with van der Waals surface area (Å²) in [4.78, 5) is 2.15. The van der Waals surface area contributed by atoms with Crippen LogP contribution in [0.15, 0.2) is 46.9 Å². The van der Waals surface area contributed by atoms with Crippen molar-refractivity contribution >= 4 is 49.1 Å². The lowest BCUT2D eigenvalue weighted by Gasteiger charge is -2.21. The third kappa shape index (κ3) is 3.74. The fourth-order valence-electron chi connectivity index (χ4n) is 1.91. The highest BCUT2D eigenvalue weighted by molar-refractivity contribution is 9.10. The van der Waals surface area contributed by atoms with Crippen LogP contribution in [0.2, 0.25) is 5.02 Å². The van der Waals surface area contributed by atoms with E-state index >= 15 is 0 Å². The number of anilines is 1. The van der Waals surface area contributed by atoms with Gasteiger partial charge in [0.15, 0.2) is 0 Å². The minimum Gasteiger partial charge on any atom is -0.369 e. The van der Waals surface area contributed by atoms with Crippen molar-refractivity contribution in [2.24, 2.45) is 0 Å². The van der Waals surface area contributed by atoms with Gasteiger partial charge < -0.3 is 4.90 Å². The van der Waals surface area contributed by atoms with Crippen LogP contribution in [0.5, 0.6) is 0 Å². The highest BCUT2D eigenvalue weighted by Crippen LogP contribution is 2.29. The van der Waals surface area contributed by atoms with Crippen molar-refractivity contribution in [2.75, 3.05) is 11.9 Å². The summed E-state index contributed by atoms with van der Waals surface area (Å²) in [6.07, 6.45) is 0. The molecule has 2 rings (SSSR count). The molecular weight excluding hydrogens is 389 g/mol. The van der Waals surface area contributed by atoms with E-state index < -0.39 is 0 Å². The van der Waals surface area contributed by atoms with Gasteiger partial charge in [0.1, 0.15) is 0 Å². The van der Waals surface area contributed by atoms with Crippen LogP contribution in [0, 0.1) is 0 Å². The van der Waals surface area contributed by atoms with Gasteiger partial charge in [0, 0.05) is 23.4 Å². The smallest absolute Gasteiger partial charge is 0.0642 e. The van der Waals surface area contributed by atoms with Gasteiger partial charge in [0.2, 0.25) is 0 Å². The Hall–Kier alpha value is -0.510. The van der Waals surface area contributed by atoms with E-state index in [1.54, 1.807) is 0 Å². The zero-order chi connectivity index (χ0) is 13.8. The van der Waals surface area contributed by atoms with Crippen molar-refractivity contribution in [3.05, 3.63) is 63.1 Å². The van der Waals surface area contributed by atoms with Gasteiger partial charge in [0.25, 0.3) is 0 Å². The first kappa shape index (κ1) is 14.9. The van der Waals surface area contributed by atoms with Crippen LogP contribution in [0.3, 0.4) is 0 Å². The topological polar surface area (TPSA) is 3.24 Å². The number of rotatable bonds is 4. The molecule has 0 bridgehead atoms. The van der Waals surface area contributed by atoms with Crippen LogP contribution in [0.4, 0.5) is 5.69 Å². The summed E-state index contributed by atoms with van der Waals surface area (Å²) in [5, 5.41) is 1.60. The molecule has 2 aromatic rings. The predicted octanol–water partition coefficient (Wildman–Crippen LogP) is 5.63. The van der Waals surface area contributed by atoms with Crippen molar-refractivity contribution in [2.45, 2.75) is 11.9 Å². The van der Waals surface area contributed by atoms with Crippen molar-refractivity contribution in [3.63, 3.8) is 0 Å². The SMILES string of the molecule is CN(Cc1ccccc1Br)c1ccc(CBr)cc1Cl. The van der Waals surface area contributed by atoms with E-state index in [0.29, 0.717) is 0 Å². The van der Waals surface area contributed by atoms with Crippen LogP contribution >= 0.6 is 43.5 Å². The van der Waals surface area contributed by atoms with Crippen molar-refractivity contribution in [1.29, 1.82) is 0 Å². The van der Waals surface area contributed by atoms with Gasteiger partial charge in [-0.2, -0.15) is 0 Å². The van der Waals surface area contributed by atoms with E-state index in [2.05, 4.69) is 68.1 Å². The monoisotopic (exact) mass is 401 g/mol. The Morgan fingerprint density at radius 3 is 2.53 bits per heavy atom. The fourth-order valence-corrected chi connectivity index (χ4v) is 3.02. The van der Waals surface area contributed by atoms with Crippen LogP contribution in [-0.2, 0) is 11.9 Å². The highest BCUT2D eigenvalue weighted by atomic mass is 79.9. The Morgan fingerprint density at radius 1 is 1.16 bits per heavy atom. The third-order valence-electron chi connectivity index (χ3n) is 2.94. The van der Waals surface area contributed by atoms with Crippen molar-refractivity contribution in [1.82, 2.24) is 0 Å². The summed E-state index contributed by atoms with van der Waals surface area (Å²) < 4.78 is 1.12. The second-order valence-corrected chi connectivity index (χ2v) is 6.19. The van der Waals surface area contributed by atoms with Gasteiger partial charge >= 0.3 is 0 Å². The molecule has 19 heavy (non-hydrogen) atoms. The lowest BCUT2D eigenvalue weighted by molar-refractivity contribution is 0.918. The molecule has 0 amide bonds. The summed E-state index contributed by atoms with van der Waals surface area (Å²) in [5.74, 6) is 0. The van der Waals surface area contributed by atoms with Crippen LogP contribution in [-0.4, -0.2) is 7.05 Å². The maximum atomic E-state index is 6.33. The quantitative estimate of drug-likeness (QED) is 0.598. The van der Waals surface area contributed by atoms with E-state index in [0.717, 1.165) is 27.1 Å². The highest BCUT2D eigenvalue weighted by Gasteiger charge is 2.09. The molecule has 0 N–H and O–H groups in total. The number of hydrogen-bond acceptors (Lipinski definition) is 1. The van der Waals surface area contributed by atoms with Gasteiger partial charge in [-0.3, -0.25) is 0 Å². The molecule has 0 aromatic heterocycles. The maximum Gasteiger partial charge on any atom is 0.0642 e. The molecule has 0 atom stereocenters. The summed E-state index contributed by atoms with van der Waals surface area (Å²) in [7, 11) is 2.05. The number of alkyl halides is 1. The van der Waals surface area contributed by atoms with Gasteiger partial charge in [-0.05, 0) is 29.3 Å². The second-order valence-electron chi connectivity index (χ2n) is 4.37. The van der Waals surface area contributed by atoms with E-state index in [-0.39, 0.29) is 0 Å². The molecule has 100 valence electrons. The molecule has 4 heteroatoms. The Kier molecular flexibility index (Phi) is 5.31. The molecular formula is C15H14Br2ClN. The fraction of sp³-hybridized carbons (Fsp3) is 0.200. The van der Waals surface area contributed by atoms with Gasteiger partial charge in [-0.1, -0.05) is 67.7 Å². The first-order valence-corrected chi connectivity index (χ1v) is 8.20. The standard InChI is InChI=1S/C15H14Br2ClN/c1-19(10-12-4-2-3-5-13(12)17)15-7-6-11(9-16)8-14(15)18/h2-8H,9-10H2,1H3. The molecule has 0 heterocycles. The van der Waals surface area contributed by atoms with E-state index in [1.807, 2.05) is 18.2 Å². The van der Waals surface area contributed by atoms with Crippen molar-refractivity contribution < 1.29 is 0 Å². The molecule has 0 unspecified atom stereocenters. The Balaban J connectivity index is 2.21. The molecule has 0 spiro atoms. The van der Waals surface area contributed by atoms with Crippen LogP contribution in [0.1, 0.15) is 11.1 Å². The van der Waals surface area contributed by atoms with Crippen LogP contribution < -0.4 is 4.90 Å². The molecule has 0 aliphatic heterocycles. The Morgan fingerprint density at radius 2 is 1.89 bits per heavy atom. The van der Waals surface area contributed by atoms with Gasteiger partial charge in [-0.25, -0.2) is 0 Å². The average molecular weight is 404 g/mol. The minimum atomic E-state index is 0.784. The Bertz CT molecular complexity index is 572. The zero-order valence-corrected chi connectivity index (χ0v) is 14.5. The lowest BCUT2D eigenvalue weighted by Crippen LogP contribution is -2.17. The first-order valence-electron chi connectivity index (χ1n) is 5.90. The number of halogens is 3. The minimum absolute atomic E-state index is 0.784. The normalized spacial score (nSPS) is 10.5. The summed E-state index contributed by atoms with van der Waals surface area (Å²) in [5.41, 5.74) is 3.47. The van der Waals surface area contributed by atoms with Crippen molar-refractivity contribution in [3.8, 4) is 0 Å². The first-order chi connectivity index (χ1) is 9.11. The summed E-state index contributed by atoms with van der Waals surface area (Å²) >= 11 is 13.3. The summed E-state index contributed by atoms with van der Waals surface area (Å²) in [6, 6.07) is 14.4. The van der Waals surface area contributed by atoms with Gasteiger partial charge in [-0.15, -0.1) is 0 Å². The molecule has 1 nitrogen and oxygen atoms in total. The van der Waals surface area contributed by atoms with Gasteiger partial charge in [0.05, 0.1) is 10.7 Å². The molecule has 0 saturated carbocycles. The second kappa shape index (κ2) is 6.78. The third-order valence-corrected chi connectivity index (χ3v) is 4.67. The summed E-state index contributed by atoms with van der Waals surface area (Å²) in [6.45, 7) is 0.814. The maximum absolute atomic E-state index is 6.33.